The van der Waals surface area contributed by atoms with Crippen molar-refractivity contribution in [3.05, 3.63) is 108 Å². The van der Waals surface area contributed by atoms with Gasteiger partial charge in [0.15, 0.2) is 0 Å². The molecule has 4 heteroatoms. The maximum Gasteiger partial charge on any atom is 0.294 e. The van der Waals surface area contributed by atoms with Gasteiger partial charge in [0.1, 0.15) is 0 Å². The van der Waals surface area contributed by atoms with Crippen LogP contribution in [0.2, 0.25) is 0 Å². The van der Waals surface area contributed by atoms with Crippen molar-refractivity contribution in [2.24, 2.45) is 11.8 Å². The fourth-order valence-electron chi connectivity index (χ4n) is 6.36. The number of hydrogen-bond acceptors (Lipinski definition) is 3. The monoisotopic (exact) mass is 472 g/mol. The van der Waals surface area contributed by atoms with Gasteiger partial charge >= 0.3 is 0 Å². The molecular formula is C30H36N2OS. The minimum Gasteiger partial charge on any atom is -0.338 e. The molecule has 2 N–H and O–H groups in total. The van der Waals surface area contributed by atoms with Crippen LogP contribution in [0.3, 0.4) is 0 Å². The second-order valence-corrected chi connectivity index (χ2v) is 10.3. The van der Waals surface area contributed by atoms with E-state index in [0.717, 1.165) is 19.4 Å². The highest BCUT2D eigenvalue weighted by Crippen LogP contribution is 2.57. The lowest BCUT2D eigenvalue weighted by Gasteiger charge is -2.60. The topological polar surface area (TPSA) is 41.1 Å². The first-order valence-electron chi connectivity index (χ1n) is 12.5. The molecule has 3 aromatic carbocycles. The van der Waals surface area contributed by atoms with Gasteiger partial charge in [-0.05, 0) is 41.4 Å². The van der Waals surface area contributed by atoms with Crippen molar-refractivity contribution < 1.29 is 4.79 Å². The Kier molecular flexibility index (Phi) is 7.80. The molecule has 4 rings (SSSR count). The summed E-state index contributed by atoms with van der Waals surface area (Å²) in [6, 6.07) is 32.4. The number of hydrogen-bond donors (Lipinski definition) is 2. The van der Waals surface area contributed by atoms with Crippen molar-refractivity contribution >= 4 is 17.2 Å². The molecule has 0 saturated heterocycles. The lowest BCUT2D eigenvalue weighted by atomic mass is 9.48. The SMILES string of the molecule is CCNSC(=O)NC1(C(c2ccccc2)(c2ccccc2)c2ccccc2)[C@H](C)CCC[C@H]1C. The molecule has 3 aromatic rings. The van der Waals surface area contributed by atoms with Crippen LogP contribution in [0, 0.1) is 11.8 Å². The summed E-state index contributed by atoms with van der Waals surface area (Å²) in [4.78, 5) is 13.5. The third-order valence-corrected chi connectivity index (χ3v) is 8.41. The van der Waals surface area contributed by atoms with Gasteiger partial charge in [0.2, 0.25) is 0 Å². The first-order chi connectivity index (χ1) is 16.6. The molecule has 0 spiro atoms. The summed E-state index contributed by atoms with van der Waals surface area (Å²) < 4.78 is 3.16. The Balaban J connectivity index is 2.10. The number of carbonyl (C=O) groups is 1. The molecule has 1 fully saturated rings. The van der Waals surface area contributed by atoms with E-state index in [4.69, 9.17) is 0 Å². The van der Waals surface area contributed by atoms with Crippen LogP contribution in [0.5, 0.6) is 0 Å². The molecular weight excluding hydrogens is 436 g/mol. The summed E-state index contributed by atoms with van der Waals surface area (Å²) >= 11 is 1.17. The van der Waals surface area contributed by atoms with Crippen LogP contribution in [-0.2, 0) is 5.41 Å². The Morgan fingerprint density at radius 1 is 0.824 bits per heavy atom. The van der Waals surface area contributed by atoms with Crippen LogP contribution in [0.1, 0.15) is 56.7 Å². The molecule has 0 heterocycles. The molecule has 1 aliphatic carbocycles. The summed E-state index contributed by atoms with van der Waals surface area (Å²) in [5, 5.41) is 3.65. The Morgan fingerprint density at radius 3 is 1.62 bits per heavy atom. The zero-order valence-corrected chi connectivity index (χ0v) is 21.3. The normalized spacial score (nSPS) is 20.0. The molecule has 2 atom stereocenters. The molecule has 0 radical (unpaired) electrons. The molecule has 178 valence electrons. The molecule has 3 nitrogen and oxygen atoms in total. The van der Waals surface area contributed by atoms with Crippen molar-refractivity contribution in [2.75, 3.05) is 6.54 Å². The van der Waals surface area contributed by atoms with Crippen molar-refractivity contribution in [3.8, 4) is 0 Å². The third kappa shape index (κ3) is 4.18. The second kappa shape index (κ2) is 10.8. The van der Waals surface area contributed by atoms with Crippen molar-refractivity contribution in [3.63, 3.8) is 0 Å². The fraction of sp³-hybridized carbons (Fsp3) is 0.367. The van der Waals surface area contributed by atoms with E-state index in [0.29, 0.717) is 0 Å². The van der Waals surface area contributed by atoms with E-state index in [1.807, 2.05) is 6.92 Å². The molecule has 1 aliphatic rings. The fourth-order valence-corrected chi connectivity index (χ4v) is 6.86. The number of nitrogens with one attached hydrogen (secondary N) is 2. The van der Waals surface area contributed by atoms with Crippen LogP contribution >= 0.6 is 11.9 Å². The zero-order chi connectivity index (χ0) is 24.0. The van der Waals surface area contributed by atoms with Crippen LogP contribution in [0.15, 0.2) is 91.0 Å². The highest BCUT2D eigenvalue weighted by molar-refractivity contribution is 8.11. The van der Waals surface area contributed by atoms with Crippen molar-refractivity contribution in [1.29, 1.82) is 0 Å². The van der Waals surface area contributed by atoms with E-state index in [-0.39, 0.29) is 17.1 Å². The Bertz CT molecular complexity index is 948. The van der Waals surface area contributed by atoms with Crippen LogP contribution in [-0.4, -0.2) is 17.3 Å². The van der Waals surface area contributed by atoms with Gasteiger partial charge in [-0.3, -0.25) is 9.52 Å². The Morgan fingerprint density at radius 2 is 1.24 bits per heavy atom. The predicted molar refractivity (Wildman–Crippen MR) is 144 cm³/mol. The second-order valence-electron chi connectivity index (χ2n) is 9.46. The average Bonchev–Trinajstić information content (AvgIpc) is 2.88. The van der Waals surface area contributed by atoms with E-state index in [1.165, 1.54) is 35.1 Å². The van der Waals surface area contributed by atoms with Gasteiger partial charge in [-0.15, -0.1) is 0 Å². The number of amides is 1. The first kappa shape index (κ1) is 24.6. The smallest absolute Gasteiger partial charge is 0.294 e. The predicted octanol–water partition coefficient (Wildman–Crippen LogP) is 7.18. The van der Waals surface area contributed by atoms with Gasteiger partial charge in [-0.1, -0.05) is 118 Å². The van der Waals surface area contributed by atoms with Gasteiger partial charge in [0.25, 0.3) is 5.24 Å². The molecule has 1 amide bonds. The zero-order valence-electron chi connectivity index (χ0n) is 20.5. The van der Waals surface area contributed by atoms with E-state index < -0.39 is 11.0 Å². The van der Waals surface area contributed by atoms with Crippen LogP contribution in [0.4, 0.5) is 4.79 Å². The standard InChI is InChI=1S/C30H36N2OS/c1-4-31-34-28(33)32-30(23(2)15-14-16-24(30)3)29(25-17-8-5-9-18-25,26-19-10-6-11-20-26)27-21-12-7-13-22-27/h5-13,17-24,31H,4,14-16H2,1-3H3,(H,32,33)/t23-,24-/m1/s1. The minimum atomic E-state index is -0.557. The quantitative estimate of drug-likeness (QED) is 0.283. The van der Waals surface area contributed by atoms with E-state index >= 15 is 0 Å². The van der Waals surface area contributed by atoms with Gasteiger partial charge in [0.05, 0.1) is 11.0 Å². The van der Waals surface area contributed by atoms with Crippen LogP contribution in [0.25, 0.3) is 0 Å². The average molecular weight is 473 g/mol. The van der Waals surface area contributed by atoms with Gasteiger partial charge in [-0.2, -0.15) is 0 Å². The minimum absolute atomic E-state index is 0.0189. The maximum absolute atomic E-state index is 13.5. The number of benzene rings is 3. The van der Waals surface area contributed by atoms with Crippen LogP contribution < -0.4 is 10.0 Å². The highest BCUT2D eigenvalue weighted by Gasteiger charge is 2.61. The molecule has 0 bridgehead atoms. The first-order valence-corrected chi connectivity index (χ1v) is 13.3. The van der Waals surface area contributed by atoms with E-state index in [9.17, 15) is 4.79 Å². The summed E-state index contributed by atoms with van der Waals surface area (Å²) in [6.07, 6.45) is 3.32. The maximum atomic E-state index is 13.5. The van der Waals surface area contributed by atoms with Crippen molar-refractivity contribution in [2.45, 2.75) is 51.0 Å². The highest BCUT2D eigenvalue weighted by atomic mass is 32.2. The van der Waals surface area contributed by atoms with Gasteiger partial charge in [0, 0.05) is 18.5 Å². The van der Waals surface area contributed by atoms with Crippen molar-refractivity contribution in [1.82, 2.24) is 10.0 Å². The number of carbonyl (C=O) groups excluding carboxylic acids is 1. The summed E-state index contributed by atoms with van der Waals surface area (Å²) in [5.74, 6) is 0.533. The molecule has 34 heavy (non-hydrogen) atoms. The lowest BCUT2D eigenvalue weighted by molar-refractivity contribution is 0.0555. The van der Waals surface area contributed by atoms with Gasteiger partial charge < -0.3 is 5.32 Å². The molecule has 0 aromatic heterocycles. The summed E-state index contributed by atoms with van der Waals surface area (Å²) in [6.45, 7) is 7.41. The van der Waals surface area contributed by atoms with Gasteiger partial charge in [-0.25, -0.2) is 0 Å². The van der Waals surface area contributed by atoms with E-state index in [2.05, 4.69) is 115 Å². The summed E-state index contributed by atoms with van der Waals surface area (Å²) in [7, 11) is 0. The lowest BCUT2D eigenvalue weighted by Crippen LogP contribution is -2.70. The Labute approximate surface area is 208 Å². The molecule has 1 saturated carbocycles. The van der Waals surface area contributed by atoms with E-state index in [1.54, 1.807) is 0 Å². The molecule has 0 unspecified atom stereocenters. The summed E-state index contributed by atoms with van der Waals surface area (Å²) in [5.41, 5.74) is 2.55. The Hall–Kier alpha value is -2.56. The largest absolute Gasteiger partial charge is 0.338 e. The third-order valence-electron chi connectivity index (χ3n) is 7.69. The number of rotatable bonds is 7. The molecule has 0 aliphatic heterocycles.